The smallest absolute Gasteiger partial charge is 0.0432 e. The van der Waals surface area contributed by atoms with E-state index in [0.717, 1.165) is 0 Å². The molecule has 0 radical (unpaired) electrons. The van der Waals surface area contributed by atoms with E-state index in [0.29, 0.717) is 10.7 Å². The number of aryl methyl sites for hydroxylation is 4. The minimum atomic E-state index is 0.464. The van der Waals surface area contributed by atoms with E-state index < -0.39 is 0 Å². The fourth-order valence-electron chi connectivity index (χ4n) is 3.84. The number of fused-ring (bicyclic) bond motifs is 1. The Balaban J connectivity index is 1.89. The van der Waals surface area contributed by atoms with Gasteiger partial charge in [-0.3, -0.25) is 0 Å². The molecule has 0 N–H and O–H groups in total. The lowest BCUT2D eigenvalue weighted by molar-refractivity contribution is 0.451. The molecule has 0 bridgehead atoms. The molecule has 0 heterocycles. The van der Waals surface area contributed by atoms with Crippen molar-refractivity contribution in [2.24, 2.45) is 5.92 Å². The van der Waals surface area contributed by atoms with E-state index in [4.69, 9.17) is 0 Å². The maximum absolute atomic E-state index is 4.03. The molecule has 1 heteroatoms. The second kappa shape index (κ2) is 5.96. The normalized spacial score (nSPS) is 19.1. The number of alkyl halides is 1. The molecule has 2 aromatic carbocycles. The Kier molecular flexibility index (Phi) is 4.21. The molecule has 1 aliphatic rings. The first-order valence-corrected chi connectivity index (χ1v) is 8.76. The lowest BCUT2D eigenvalue weighted by Crippen LogP contribution is -2.19. The highest BCUT2D eigenvalue weighted by Gasteiger charge is 2.27. The third-order valence-corrected chi connectivity index (χ3v) is 6.02. The summed E-state index contributed by atoms with van der Waals surface area (Å²) in [5.74, 6) is 0.694. The Morgan fingerprint density at radius 2 is 1.62 bits per heavy atom. The third-order valence-electron chi connectivity index (χ3n) is 4.81. The summed E-state index contributed by atoms with van der Waals surface area (Å²) >= 11 is 4.03. The van der Waals surface area contributed by atoms with Crippen molar-refractivity contribution in [1.82, 2.24) is 0 Å². The predicted octanol–water partition coefficient (Wildman–Crippen LogP) is 5.85. The van der Waals surface area contributed by atoms with Gasteiger partial charge in [0.15, 0.2) is 0 Å². The van der Waals surface area contributed by atoms with E-state index in [1.165, 1.54) is 41.5 Å². The highest BCUT2D eigenvalue weighted by molar-refractivity contribution is 9.09. The lowest BCUT2D eigenvalue weighted by Gasteiger charge is -2.30. The molecule has 2 aromatic rings. The van der Waals surface area contributed by atoms with E-state index in [1.807, 2.05) is 0 Å². The molecular formula is C20H23Br. The molecule has 0 aromatic heterocycles. The average Bonchev–Trinajstić information content (AvgIpc) is 2.45. The van der Waals surface area contributed by atoms with Gasteiger partial charge in [-0.05, 0) is 73.8 Å². The van der Waals surface area contributed by atoms with E-state index in [1.54, 1.807) is 11.1 Å². The molecule has 2 atom stereocenters. The zero-order valence-corrected chi connectivity index (χ0v) is 14.7. The van der Waals surface area contributed by atoms with Crippen molar-refractivity contribution in [3.63, 3.8) is 0 Å². The molecule has 0 spiro atoms. The van der Waals surface area contributed by atoms with Crippen molar-refractivity contribution in [3.8, 4) is 0 Å². The van der Waals surface area contributed by atoms with E-state index in [-0.39, 0.29) is 0 Å². The topological polar surface area (TPSA) is 0 Å². The lowest BCUT2D eigenvalue weighted by atomic mass is 9.79. The highest BCUT2D eigenvalue weighted by atomic mass is 79.9. The van der Waals surface area contributed by atoms with Crippen molar-refractivity contribution in [2.45, 2.75) is 44.9 Å². The van der Waals surface area contributed by atoms with Gasteiger partial charge in [0.1, 0.15) is 0 Å². The second-order valence-corrected chi connectivity index (χ2v) is 7.47. The molecule has 0 nitrogen and oxygen atoms in total. The van der Waals surface area contributed by atoms with Gasteiger partial charge in [-0.1, -0.05) is 57.9 Å². The molecule has 0 amide bonds. The van der Waals surface area contributed by atoms with Crippen LogP contribution in [0.4, 0.5) is 0 Å². The fourth-order valence-corrected chi connectivity index (χ4v) is 5.01. The van der Waals surface area contributed by atoms with Crippen LogP contribution in [-0.2, 0) is 12.8 Å². The SMILES string of the molecule is Cc1cc(C)c(C(Br)C2CCc3ccccc3C2)c(C)c1. The number of halogens is 1. The maximum atomic E-state index is 4.03. The summed E-state index contributed by atoms with van der Waals surface area (Å²) in [5, 5.41) is 0. The fraction of sp³-hybridized carbons (Fsp3) is 0.400. The zero-order chi connectivity index (χ0) is 15.0. The van der Waals surface area contributed by atoms with Crippen LogP contribution in [0, 0.1) is 26.7 Å². The second-order valence-electron chi connectivity index (χ2n) is 6.49. The summed E-state index contributed by atoms with van der Waals surface area (Å²) in [4.78, 5) is 0.464. The molecule has 1 aliphatic carbocycles. The summed E-state index contributed by atoms with van der Waals surface area (Å²) in [6.07, 6.45) is 3.69. The Bertz CT molecular complexity index is 634. The summed E-state index contributed by atoms with van der Waals surface area (Å²) < 4.78 is 0. The van der Waals surface area contributed by atoms with E-state index in [2.05, 4.69) is 73.1 Å². The van der Waals surface area contributed by atoms with Crippen molar-refractivity contribution < 1.29 is 0 Å². The minimum Gasteiger partial charge on any atom is -0.0835 e. The van der Waals surface area contributed by atoms with Crippen molar-refractivity contribution in [1.29, 1.82) is 0 Å². The molecule has 0 aliphatic heterocycles. The van der Waals surface area contributed by atoms with Gasteiger partial charge in [0.2, 0.25) is 0 Å². The van der Waals surface area contributed by atoms with Crippen LogP contribution in [0.15, 0.2) is 36.4 Å². The van der Waals surface area contributed by atoms with Gasteiger partial charge in [0.25, 0.3) is 0 Å². The molecular weight excluding hydrogens is 320 g/mol. The van der Waals surface area contributed by atoms with Crippen molar-refractivity contribution >= 4 is 15.9 Å². The quantitative estimate of drug-likeness (QED) is 0.600. The summed E-state index contributed by atoms with van der Waals surface area (Å²) in [5.41, 5.74) is 8.81. The Morgan fingerprint density at radius 1 is 1.00 bits per heavy atom. The molecule has 3 rings (SSSR count). The van der Waals surface area contributed by atoms with Crippen LogP contribution >= 0.6 is 15.9 Å². The average molecular weight is 343 g/mol. The Labute approximate surface area is 136 Å². The molecule has 0 saturated heterocycles. The van der Waals surface area contributed by atoms with Crippen LogP contribution in [0.5, 0.6) is 0 Å². The summed E-state index contributed by atoms with van der Waals surface area (Å²) in [6, 6.07) is 13.6. The summed E-state index contributed by atoms with van der Waals surface area (Å²) in [7, 11) is 0. The minimum absolute atomic E-state index is 0.464. The molecule has 0 saturated carbocycles. The monoisotopic (exact) mass is 342 g/mol. The highest BCUT2D eigenvalue weighted by Crippen LogP contribution is 2.41. The molecule has 2 unspecified atom stereocenters. The molecule has 110 valence electrons. The maximum Gasteiger partial charge on any atom is 0.0432 e. The van der Waals surface area contributed by atoms with Crippen LogP contribution in [0.25, 0.3) is 0 Å². The number of benzene rings is 2. The van der Waals surface area contributed by atoms with Gasteiger partial charge in [0, 0.05) is 4.83 Å². The largest absolute Gasteiger partial charge is 0.0835 e. The van der Waals surface area contributed by atoms with Gasteiger partial charge in [0.05, 0.1) is 0 Å². The Morgan fingerprint density at radius 3 is 2.29 bits per heavy atom. The Hall–Kier alpha value is -1.08. The first-order valence-electron chi connectivity index (χ1n) is 7.85. The van der Waals surface area contributed by atoms with Gasteiger partial charge in [-0.2, -0.15) is 0 Å². The van der Waals surface area contributed by atoms with Crippen LogP contribution in [0.2, 0.25) is 0 Å². The van der Waals surface area contributed by atoms with Gasteiger partial charge in [-0.15, -0.1) is 0 Å². The standard InChI is InChI=1S/C20H23Br/c1-13-10-14(2)19(15(3)11-13)20(21)18-9-8-16-6-4-5-7-17(16)12-18/h4-7,10-11,18,20H,8-9,12H2,1-3H3. The van der Waals surface area contributed by atoms with Crippen LogP contribution in [-0.4, -0.2) is 0 Å². The van der Waals surface area contributed by atoms with Crippen molar-refractivity contribution in [2.75, 3.05) is 0 Å². The van der Waals surface area contributed by atoms with Crippen LogP contribution < -0.4 is 0 Å². The van der Waals surface area contributed by atoms with Crippen LogP contribution in [0.3, 0.4) is 0 Å². The van der Waals surface area contributed by atoms with E-state index in [9.17, 15) is 0 Å². The first kappa shape index (κ1) is 14.8. The third kappa shape index (κ3) is 2.94. The first-order chi connectivity index (χ1) is 10.1. The number of rotatable bonds is 2. The number of hydrogen-bond donors (Lipinski definition) is 0. The van der Waals surface area contributed by atoms with E-state index >= 15 is 0 Å². The van der Waals surface area contributed by atoms with Gasteiger partial charge in [-0.25, -0.2) is 0 Å². The van der Waals surface area contributed by atoms with Gasteiger partial charge >= 0.3 is 0 Å². The number of hydrogen-bond acceptors (Lipinski definition) is 0. The zero-order valence-electron chi connectivity index (χ0n) is 13.1. The predicted molar refractivity (Wildman–Crippen MR) is 94.3 cm³/mol. The van der Waals surface area contributed by atoms with Crippen LogP contribution in [0.1, 0.15) is 44.6 Å². The van der Waals surface area contributed by atoms with Crippen molar-refractivity contribution in [3.05, 3.63) is 69.8 Å². The van der Waals surface area contributed by atoms with Gasteiger partial charge < -0.3 is 0 Å². The summed E-state index contributed by atoms with van der Waals surface area (Å²) in [6.45, 7) is 6.69. The molecule has 0 fully saturated rings. The molecule has 21 heavy (non-hydrogen) atoms.